The lowest BCUT2D eigenvalue weighted by molar-refractivity contribution is 0.237. The minimum absolute atomic E-state index is 0.143. The second-order valence-corrected chi connectivity index (χ2v) is 9.06. The fourth-order valence-corrected chi connectivity index (χ4v) is 5.78. The fourth-order valence-electron chi connectivity index (χ4n) is 5.78. The van der Waals surface area contributed by atoms with Gasteiger partial charge in [-0.05, 0) is 54.0 Å². The van der Waals surface area contributed by atoms with Crippen LogP contribution in [0.2, 0.25) is 0 Å². The van der Waals surface area contributed by atoms with Crippen LogP contribution in [0.25, 0.3) is 17.1 Å². The monoisotopic (exact) mass is 430 g/mol. The molecule has 4 aromatic rings. The molecule has 8 heteroatoms. The number of halogens is 2. The minimum Gasteiger partial charge on any atom is -0.290 e. The lowest BCUT2D eigenvalue weighted by atomic mass is 9.67. The number of hydrogen-bond acceptors (Lipinski definition) is 5. The Bertz CT molecular complexity index is 1330. The molecular formula is C24H20F2N6. The standard InChI is InChI=1S/C24H20F2N6/c1-23(2)15-6-8-24(23,22-28-9-7-19(29-22)32-11-10-27-13-32)21-14(15)12-18(30-31-21)20-16(25)4-3-5-17(20)26/h3-5,7,9-13,15H,6,8H2,1-2H3/t15-,24+/m0/s1. The normalized spacial score (nSPS) is 22.8. The van der Waals surface area contributed by atoms with E-state index in [9.17, 15) is 8.78 Å². The number of benzene rings is 1. The van der Waals surface area contributed by atoms with Crippen molar-refractivity contribution in [1.82, 2.24) is 29.7 Å². The van der Waals surface area contributed by atoms with Crippen molar-refractivity contribution in [3.63, 3.8) is 0 Å². The summed E-state index contributed by atoms with van der Waals surface area (Å²) >= 11 is 0. The van der Waals surface area contributed by atoms with Gasteiger partial charge < -0.3 is 0 Å². The first-order valence-corrected chi connectivity index (χ1v) is 10.6. The van der Waals surface area contributed by atoms with Crippen molar-refractivity contribution in [1.29, 1.82) is 0 Å². The Balaban J connectivity index is 1.54. The first-order chi connectivity index (χ1) is 15.4. The molecule has 32 heavy (non-hydrogen) atoms. The van der Waals surface area contributed by atoms with Crippen LogP contribution in [0.4, 0.5) is 8.78 Å². The molecule has 6 nitrogen and oxygen atoms in total. The third-order valence-corrected chi connectivity index (χ3v) is 7.39. The van der Waals surface area contributed by atoms with Crippen molar-refractivity contribution in [3.8, 4) is 17.1 Å². The summed E-state index contributed by atoms with van der Waals surface area (Å²) in [7, 11) is 0. The Kier molecular flexibility index (Phi) is 3.88. The van der Waals surface area contributed by atoms with E-state index in [1.807, 2.05) is 16.8 Å². The predicted molar refractivity (Wildman–Crippen MR) is 113 cm³/mol. The number of imidazole rings is 1. The quantitative estimate of drug-likeness (QED) is 0.475. The molecule has 3 aromatic heterocycles. The summed E-state index contributed by atoms with van der Waals surface area (Å²) in [6.07, 6.45) is 8.75. The molecule has 0 spiro atoms. The summed E-state index contributed by atoms with van der Waals surface area (Å²) < 4.78 is 30.7. The Labute approximate surface area is 183 Å². The summed E-state index contributed by atoms with van der Waals surface area (Å²) in [4.78, 5) is 13.7. The molecule has 0 aliphatic heterocycles. The van der Waals surface area contributed by atoms with Crippen LogP contribution in [0, 0.1) is 17.0 Å². The summed E-state index contributed by atoms with van der Waals surface area (Å²) in [6.45, 7) is 4.39. The molecule has 1 aromatic carbocycles. The van der Waals surface area contributed by atoms with E-state index in [-0.39, 0.29) is 22.6 Å². The number of hydrogen-bond donors (Lipinski definition) is 0. The van der Waals surface area contributed by atoms with Crippen molar-refractivity contribution in [2.24, 2.45) is 5.41 Å². The summed E-state index contributed by atoms with van der Waals surface area (Å²) in [5, 5.41) is 8.82. The van der Waals surface area contributed by atoms with Crippen LogP contribution in [-0.2, 0) is 5.41 Å². The van der Waals surface area contributed by atoms with Gasteiger partial charge in [-0.2, -0.15) is 5.10 Å². The van der Waals surface area contributed by atoms with E-state index in [0.717, 1.165) is 29.9 Å². The van der Waals surface area contributed by atoms with Gasteiger partial charge in [-0.3, -0.25) is 4.57 Å². The molecule has 1 fully saturated rings. The number of fused-ring (bicyclic) bond motifs is 5. The van der Waals surface area contributed by atoms with Crippen LogP contribution in [0.5, 0.6) is 0 Å². The van der Waals surface area contributed by atoms with E-state index in [0.29, 0.717) is 5.82 Å². The molecule has 0 radical (unpaired) electrons. The molecule has 0 amide bonds. The van der Waals surface area contributed by atoms with Gasteiger partial charge in [0.1, 0.15) is 29.6 Å². The minimum atomic E-state index is -0.646. The van der Waals surface area contributed by atoms with Crippen molar-refractivity contribution in [2.45, 2.75) is 38.0 Å². The summed E-state index contributed by atoms with van der Waals surface area (Å²) in [5.74, 6) is 0.296. The topological polar surface area (TPSA) is 69.4 Å². The summed E-state index contributed by atoms with van der Waals surface area (Å²) in [5.41, 5.74) is 1.10. The van der Waals surface area contributed by atoms with Crippen molar-refractivity contribution in [2.75, 3.05) is 0 Å². The molecule has 2 bridgehead atoms. The van der Waals surface area contributed by atoms with Gasteiger partial charge in [0.15, 0.2) is 0 Å². The third kappa shape index (κ3) is 2.35. The van der Waals surface area contributed by atoms with E-state index in [4.69, 9.17) is 4.98 Å². The average molecular weight is 430 g/mol. The molecule has 0 unspecified atom stereocenters. The van der Waals surface area contributed by atoms with Gasteiger partial charge in [0.05, 0.1) is 22.4 Å². The zero-order chi connectivity index (χ0) is 22.1. The average Bonchev–Trinajstić information content (AvgIpc) is 3.45. The highest BCUT2D eigenvalue weighted by atomic mass is 19.1. The molecule has 0 N–H and O–H groups in total. The second kappa shape index (κ2) is 6.48. The highest BCUT2D eigenvalue weighted by Crippen LogP contribution is 2.69. The van der Waals surface area contributed by atoms with Crippen LogP contribution in [0.1, 0.15) is 49.7 Å². The molecule has 2 atom stereocenters. The van der Waals surface area contributed by atoms with Gasteiger partial charge in [0, 0.05) is 18.6 Å². The molecule has 3 heterocycles. The third-order valence-electron chi connectivity index (χ3n) is 7.39. The number of aromatic nitrogens is 6. The maximum absolute atomic E-state index is 14.4. The number of rotatable bonds is 3. The van der Waals surface area contributed by atoms with E-state index in [2.05, 4.69) is 34.0 Å². The lowest BCUT2D eigenvalue weighted by Gasteiger charge is -2.36. The highest BCUT2D eigenvalue weighted by molar-refractivity contribution is 5.64. The fraction of sp³-hybridized carbons (Fsp3) is 0.292. The van der Waals surface area contributed by atoms with E-state index >= 15 is 0 Å². The molecule has 1 saturated carbocycles. The Hall–Kier alpha value is -3.55. The van der Waals surface area contributed by atoms with Crippen LogP contribution >= 0.6 is 0 Å². The van der Waals surface area contributed by atoms with Crippen molar-refractivity contribution < 1.29 is 8.78 Å². The van der Waals surface area contributed by atoms with Gasteiger partial charge in [0.2, 0.25) is 0 Å². The predicted octanol–water partition coefficient (Wildman–Crippen LogP) is 4.60. The molecule has 0 saturated heterocycles. The van der Waals surface area contributed by atoms with Gasteiger partial charge in [-0.15, -0.1) is 5.10 Å². The van der Waals surface area contributed by atoms with E-state index < -0.39 is 17.0 Å². The van der Waals surface area contributed by atoms with Crippen molar-refractivity contribution >= 4 is 0 Å². The van der Waals surface area contributed by atoms with Crippen molar-refractivity contribution in [3.05, 3.63) is 84.0 Å². The van der Waals surface area contributed by atoms with Gasteiger partial charge in [0.25, 0.3) is 0 Å². The SMILES string of the molecule is CC1(C)[C@H]2CC[C@]1(c1nccc(-n3ccnc3)n1)c1nnc(-c3c(F)cccc3F)cc12. The molecular weight excluding hydrogens is 410 g/mol. The maximum Gasteiger partial charge on any atom is 0.143 e. The molecule has 2 aliphatic rings. The zero-order valence-electron chi connectivity index (χ0n) is 17.6. The number of nitrogens with zero attached hydrogens (tertiary/aromatic N) is 6. The molecule has 2 aliphatic carbocycles. The second-order valence-electron chi connectivity index (χ2n) is 9.06. The lowest BCUT2D eigenvalue weighted by Crippen LogP contribution is -2.38. The van der Waals surface area contributed by atoms with Gasteiger partial charge >= 0.3 is 0 Å². The largest absolute Gasteiger partial charge is 0.290 e. The Morgan fingerprint density at radius 2 is 1.88 bits per heavy atom. The molecule has 160 valence electrons. The van der Waals surface area contributed by atoms with E-state index in [1.54, 1.807) is 24.8 Å². The smallest absolute Gasteiger partial charge is 0.143 e. The van der Waals surface area contributed by atoms with Gasteiger partial charge in [-0.25, -0.2) is 23.7 Å². The first kappa shape index (κ1) is 19.2. The van der Waals surface area contributed by atoms with Crippen LogP contribution in [0.3, 0.4) is 0 Å². The zero-order valence-corrected chi connectivity index (χ0v) is 17.6. The first-order valence-electron chi connectivity index (χ1n) is 10.6. The van der Waals surface area contributed by atoms with Crippen LogP contribution in [0.15, 0.2) is 55.2 Å². The van der Waals surface area contributed by atoms with Crippen LogP contribution in [-0.4, -0.2) is 29.7 Å². The Morgan fingerprint density at radius 3 is 2.62 bits per heavy atom. The van der Waals surface area contributed by atoms with E-state index in [1.165, 1.54) is 18.2 Å². The van der Waals surface area contributed by atoms with Gasteiger partial charge in [-0.1, -0.05) is 19.9 Å². The Morgan fingerprint density at radius 1 is 1.06 bits per heavy atom. The highest BCUT2D eigenvalue weighted by Gasteiger charge is 2.65. The molecule has 6 rings (SSSR count). The van der Waals surface area contributed by atoms with Crippen LogP contribution < -0.4 is 0 Å². The maximum atomic E-state index is 14.4. The summed E-state index contributed by atoms with van der Waals surface area (Å²) in [6, 6.07) is 7.46.